The maximum Gasteiger partial charge on any atom is 0.226 e. The lowest BCUT2D eigenvalue weighted by molar-refractivity contribution is -0.135. The molecule has 1 atom stereocenters. The van der Waals surface area contributed by atoms with Crippen molar-refractivity contribution in [3.05, 3.63) is 58.6 Å². The summed E-state index contributed by atoms with van der Waals surface area (Å²) in [6.07, 6.45) is 2.36. The first-order valence-electron chi connectivity index (χ1n) is 10.1. The van der Waals surface area contributed by atoms with E-state index >= 15 is 0 Å². The molecule has 0 spiro atoms. The number of nitrogens with zero attached hydrogens (tertiary/aromatic N) is 2. The molecule has 4 rings (SSSR count). The molecule has 0 saturated heterocycles. The SMILES string of the molecule is COc1ccc(C2=NOC(CN(Cc3cccc(Cl)c3)C(=O)C3CC3)C2)cc1OC. The Bertz CT molecular complexity index is 958. The third kappa shape index (κ3) is 4.70. The molecule has 1 fully saturated rings. The van der Waals surface area contributed by atoms with Crippen LogP contribution in [-0.2, 0) is 16.2 Å². The van der Waals surface area contributed by atoms with Gasteiger partial charge >= 0.3 is 0 Å². The summed E-state index contributed by atoms with van der Waals surface area (Å²) >= 11 is 6.12. The van der Waals surface area contributed by atoms with Crippen molar-refractivity contribution >= 4 is 23.2 Å². The molecule has 2 aromatic rings. The van der Waals surface area contributed by atoms with E-state index in [1.165, 1.54) is 0 Å². The number of rotatable bonds is 8. The van der Waals surface area contributed by atoms with Crippen molar-refractivity contribution in [2.24, 2.45) is 11.1 Å². The van der Waals surface area contributed by atoms with Crippen LogP contribution in [0.3, 0.4) is 0 Å². The van der Waals surface area contributed by atoms with Crippen molar-refractivity contribution in [1.82, 2.24) is 4.90 Å². The Balaban J connectivity index is 1.44. The van der Waals surface area contributed by atoms with Crippen LogP contribution in [-0.4, -0.2) is 43.4 Å². The van der Waals surface area contributed by atoms with E-state index in [1.54, 1.807) is 14.2 Å². The normalized spacial score (nSPS) is 17.8. The molecule has 2 aromatic carbocycles. The molecule has 1 saturated carbocycles. The second-order valence-electron chi connectivity index (χ2n) is 7.66. The van der Waals surface area contributed by atoms with Crippen molar-refractivity contribution < 1.29 is 19.1 Å². The lowest BCUT2D eigenvalue weighted by atomic mass is 10.0. The topological polar surface area (TPSA) is 60.4 Å². The minimum absolute atomic E-state index is 0.136. The number of hydrogen-bond acceptors (Lipinski definition) is 5. The summed E-state index contributed by atoms with van der Waals surface area (Å²) in [7, 11) is 3.21. The number of hydrogen-bond donors (Lipinski definition) is 0. The van der Waals surface area contributed by atoms with E-state index in [0.717, 1.165) is 29.7 Å². The van der Waals surface area contributed by atoms with E-state index in [2.05, 4.69) is 5.16 Å². The number of carbonyl (C=O) groups excluding carboxylic acids is 1. The van der Waals surface area contributed by atoms with E-state index in [1.807, 2.05) is 47.4 Å². The average Bonchev–Trinajstić information content (AvgIpc) is 3.51. The van der Waals surface area contributed by atoms with Gasteiger partial charge in [-0.25, -0.2) is 0 Å². The Morgan fingerprint density at radius 1 is 1.17 bits per heavy atom. The van der Waals surface area contributed by atoms with Crippen LogP contribution in [0.4, 0.5) is 0 Å². The van der Waals surface area contributed by atoms with Crippen LogP contribution in [0.1, 0.15) is 30.4 Å². The molecule has 30 heavy (non-hydrogen) atoms. The second-order valence-corrected chi connectivity index (χ2v) is 8.10. The fourth-order valence-electron chi connectivity index (χ4n) is 3.63. The average molecular weight is 429 g/mol. The van der Waals surface area contributed by atoms with Crippen LogP contribution >= 0.6 is 11.6 Å². The molecule has 0 radical (unpaired) electrons. The molecule has 1 heterocycles. The predicted molar refractivity (Wildman–Crippen MR) is 115 cm³/mol. The number of amides is 1. The largest absolute Gasteiger partial charge is 0.493 e. The lowest BCUT2D eigenvalue weighted by Gasteiger charge is -2.25. The third-order valence-electron chi connectivity index (χ3n) is 5.37. The molecule has 0 bridgehead atoms. The number of carbonyl (C=O) groups is 1. The Hall–Kier alpha value is -2.73. The first-order valence-corrected chi connectivity index (χ1v) is 10.4. The van der Waals surface area contributed by atoms with Crippen LogP contribution in [0, 0.1) is 5.92 Å². The molecule has 1 unspecified atom stereocenters. The zero-order valence-corrected chi connectivity index (χ0v) is 17.9. The van der Waals surface area contributed by atoms with Gasteiger partial charge in [-0.1, -0.05) is 28.9 Å². The first-order chi connectivity index (χ1) is 14.6. The molecule has 1 amide bonds. The van der Waals surface area contributed by atoms with Crippen LogP contribution in [0.2, 0.25) is 5.02 Å². The molecular formula is C23H25ClN2O4. The van der Waals surface area contributed by atoms with Crippen molar-refractivity contribution in [2.45, 2.75) is 31.9 Å². The van der Waals surface area contributed by atoms with Gasteiger partial charge in [0.2, 0.25) is 5.91 Å². The minimum atomic E-state index is -0.185. The summed E-state index contributed by atoms with van der Waals surface area (Å²) < 4.78 is 10.7. The summed E-state index contributed by atoms with van der Waals surface area (Å²) in [5, 5.41) is 4.94. The fraction of sp³-hybridized carbons (Fsp3) is 0.391. The molecule has 0 N–H and O–H groups in total. The predicted octanol–water partition coefficient (Wildman–Crippen LogP) is 4.29. The van der Waals surface area contributed by atoms with Gasteiger partial charge in [0.1, 0.15) is 0 Å². The molecular weight excluding hydrogens is 404 g/mol. The first kappa shape index (κ1) is 20.5. The van der Waals surface area contributed by atoms with Gasteiger partial charge in [0.15, 0.2) is 17.6 Å². The number of methoxy groups -OCH3 is 2. The van der Waals surface area contributed by atoms with Gasteiger partial charge in [-0.3, -0.25) is 4.79 Å². The highest BCUT2D eigenvalue weighted by Gasteiger charge is 2.35. The van der Waals surface area contributed by atoms with E-state index in [4.69, 9.17) is 25.9 Å². The molecule has 1 aliphatic carbocycles. The third-order valence-corrected chi connectivity index (χ3v) is 5.61. The van der Waals surface area contributed by atoms with E-state index in [-0.39, 0.29) is 17.9 Å². The highest BCUT2D eigenvalue weighted by molar-refractivity contribution is 6.30. The Labute approximate surface area is 181 Å². The van der Waals surface area contributed by atoms with Gasteiger partial charge in [0, 0.05) is 29.5 Å². The lowest BCUT2D eigenvalue weighted by Crippen LogP contribution is -2.38. The zero-order chi connectivity index (χ0) is 21.1. The smallest absolute Gasteiger partial charge is 0.226 e. The van der Waals surface area contributed by atoms with Crippen LogP contribution in [0.15, 0.2) is 47.6 Å². The Morgan fingerprint density at radius 2 is 1.97 bits per heavy atom. The molecule has 6 nitrogen and oxygen atoms in total. The van der Waals surface area contributed by atoms with Crippen molar-refractivity contribution in [2.75, 3.05) is 20.8 Å². The molecule has 0 aromatic heterocycles. The van der Waals surface area contributed by atoms with E-state index in [0.29, 0.717) is 36.0 Å². The second kappa shape index (κ2) is 8.96. The number of benzene rings is 2. The fourth-order valence-corrected chi connectivity index (χ4v) is 3.85. The maximum absolute atomic E-state index is 12.9. The maximum atomic E-state index is 12.9. The van der Waals surface area contributed by atoms with E-state index in [9.17, 15) is 4.79 Å². The van der Waals surface area contributed by atoms with Crippen molar-refractivity contribution in [3.8, 4) is 11.5 Å². The molecule has 158 valence electrons. The van der Waals surface area contributed by atoms with Gasteiger partial charge in [0.05, 0.1) is 26.5 Å². The standard InChI is InChI=1S/C23H25ClN2O4/c1-28-21-9-8-17(11-22(21)29-2)20-12-19(30-25-20)14-26(23(27)16-6-7-16)13-15-4-3-5-18(24)10-15/h3-5,8-11,16,19H,6-7,12-14H2,1-2H3. The minimum Gasteiger partial charge on any atom is -0.493 e. The number of halogens is 1. The van der Waals surface area contributed by atoms with Gasteiger partial charge in [-0.2, -0.15) is 0 Å². The zero-order valence-electron chi connectivity index (χ0n) is 17.1. The Morgan fingerprint density at radius 3 is 2.67 bits per heavy atom. The van der Waals surface area contributed by atoms with Crippen LogP contribution in [0.5, 0.6) is 11.5 Å². The van der Waals surface area contributed by atoms with Gasteiger partial charge in [-0.15, -0.1) is 0 Å². The monoisotopic (exact) mass is 428 g/mol. The number of ether oxygens (including phenoxy) is 2. The molecule has 1 aliphatic heterocycles. The summed E-state index contributed by atoms with van der Waals surface area (Å²) in [5.74, 6) is 1.63. The van der Waals surface area contributed by atoms with Gasteiger partial charge < -0.3 is 19.2 Å². The Kier molecular flexibility index (Phi) is 6.13. The summed E-state index contributed by atoms with van der Waals surface area (Å²) in [6, 6.07) is 13.3. The van der Waals surface area contributed by atoms with Crippen molar-refractivity contribution in [3.63, 3.8) is 0 Å². The summed E-state index contributed by atoms with van der Waals surface area (Å²) in [6.45, 7) is 1.00. The molecule has 7 heteroatoms. The van der Waals surface area contributed by atoms with E-state index < -0.39 is 0 Å². The summed E-state index contributed by atoms with van der Waals surface area (Å²) in [4.78, 5) is 20.4. The molecule has 2 aliphatic rings. The van der Waals surface area contributed by atoms with Gasteiger partial charge in [0.25, 0.3) is 0 Å². The highest BCUT2D eigenvalue weighted by Crippen LogP contribution is 2.33. The van der Waals surface area contributed by atoms with Gasteiger partial charge in [-0.05, 0) is 48.7 Å². The quantitative estimate of drug-likeness (QED) is 0.629. The summed E-state index contributed by atoms with van der Waals surface area (Å²) in [5.41, 5.74) is 2.77. The number of oxime groups is 1. The van der Waals surface area contributed by atoms with Crippen molar-refractivity contribution in [1.29, 1.82) is 0 Å². The highest BCUT2D eigenvalue weighted by atomic mass is 35.5. The van der Waals surface area contributed by atoms with Crippen LogP contribution in [0.25, 0.3) is 0 Å². The van der Waals surface area contributed by atoms with Crippen LogP contribution < -0.4 is 9.47 Å².